The zero-order chi connectivity index (χ0) is 15.7. The predicted molar refractivity (Wildman–Crippen MR) is 92.5 cm³/mol. The number of fused-ring (bicyclic) bond motifs is 1. The smallest absolute Gasteiger partial charge is 0.238 e. The maximum absolute atomic E-state index is 13.1. The van der Waals surface area contributed by atoms with E-state index in [1.165, 1.54) is 31.0 Å². The molecular formula is C16H22Cl2FN3O. The molecule has 1 aromatic rings. The van der Waals surface area contributed by atoms with Gasteiger partial charge in [-0.25, -0.2) is 4.39 Å². The molecule has 3 rings (SSSR count). The molecule has 23 heavy (non-hydrogen) atoms. The van der Waals surface area contributed by atoms with E-state index in [-0.39, 0.29) is 29.4 Å². The molecule has 2 aliphatic rings. The predicted octanol–water partition coefficient (Wildman–Crippen LogP) is 2.90. The first-order valence-electron chi connectivity index (χ1n) is 7.76. The summed E-state index contributed by atoms with van der Waals surface area (Å²) in [6.45, 7) is 2.17. The summed E-state index contributed by atoms with van der Waals surface area (Å²) in [6, 6.07) is 4.46. The summed E-state index contributed by atoms with van der Waals surface area (Å²) >= 11 is 5.72. The third kappa shape index (κ3) is 4.35. The Morgan fingerprint density at radius 2 is 2.17 bits per heavy atom. The minimum Gasteiger partial charge on any atom is -0.327 e. The van der Waals surface area contributed by atoms with Crippen LogP contribution in [0, 0.1) is 17.7 Å². The number of hydrogen-bond donors (Lipinski definition) is 2. The first-order valence-corrected chi connectivity index (χ1v) is 8.13. The normalized spacial score (nSPS) is 27.2. The lowest BCUT2D eigenvalue weighted by Crippen LogP contribution is -2.38. The van der Waals surface area contributed by atoms with E-state index < -0.39 is 5.82 Å². The molecule has 1 amide bonds. The van der Waals surface area contributed by atoms with Gasteiger partial charge in [-0.1, -0.05) is 18.0 Å². The summed E-state index contributed by atoms with van der Waals surface area (Å²) in [4.78, 5) is 14.3. The van der Waals surface area contributed by atoms with Crippen LogP contribution < -0.4 is 11.1 Å². The van der Waals surface area contributed by atoms with Gasteiger partial charge in [-0.15, -0.1) is 12.4 Å². The summed E-state index contributed by atoms with van der Waals surface area (Å²) in [5.41, 5.74) is 6.71. The SMILES string of the molecule is Cl.NC1CCCC2CN(CC(=O)Nc3ccc(F)c(Cl)c3)CC12. The molecule has 1 saturated heterocycles. The zero-order valence-electron chi connectivity index (χ0n) is 12.8. The van der Waals surface area contributed by atoms with Crippen molar-refractivity contribution in [3.63, 3.8) is 0 Å². The van der Waals surface area contributed by atoms with Gasteiger partial charge in [0.05, 0.1) is 11.6 Å². The van der Waals surface area contributed by atoms with E-state index in [2.05, 4.69) is 10.2 Å². The fourth-order valence-corrected chi connectivity index (χ4v) is 3.90. The Labute approximate surface area is 147 Å². The van der Waals surface area contributed by atoms with Gasteiger partial charge < -0.3 is 11.1 Å². The topological polar surface area (TPSA) is 58.4 Å². The number of amides is 1. The third-order valence-electron chi connectivity index (χ3n) is 4.80. The highest BCUT2D eigenvalue weighted by molar-refractivity contribution is 6.31. The van der Waals surface area contributed by atoms with Crippen LogP contribution in [-0.4, -0.2) is 36.5 Å². The molecule has 1 aliphatic heterocycles. The maximum atomic E-state index is 13.1. The van der Waals surface area contributed by atoms with Gasteiger partial charge in [-0.05, 0) is 42.9 Å². The molecule has 0 aromatic heterocycles. The first kappa shape index (κ1) is 18.5. The number of hydrogen-bond acceptors (Lipinski definition) is 3. The van der Waals surface area contributed by atoms with E-state index in [4.69, 9.17) is 17.3 Å². The average Bonchev–Trinajstić information content (AvgIpc) is 2.87. The Morgan fingerprint density at radius 1 is 1.39 bits per heavy atom. The number of rotatable bonds is 3. The molecule has 2 fully saturated rings. The van der Waals surface area contributed by atoms with Crippen LogP contribution >= 0.6 is 24.0 Å². The average molecular weight is 362 g/mol. The molecule has 3 unspecified atom stereocenters. The fourth-order valence-electron chi connectivity index (χ4n) is 3.72. The van der Waals surface area contributed by atoms with Crippen molar-refractivity contribution in [1.29, 1.82) is 0 Å². The minimum absolute atomic E-state index is 0. The van der Waals surface area contributed by atoms with Gasteiger partial charge in [0, 0.05) is 24.8 Å². The lowest BCUT2D eigenvalue weighted by Gasteiger charge is -2.29. The highest BCUT2D eigenvalue weighted by Gasteiger charge is 2.38. The zero-order valence-corrected chi connectivity index (χ0v) is 14.4. The summed E-state index contributed by atoms with van der Waals surface area (Å²) in [6.07, 6.45) is 3.50. The third-order valence-corrected chi connectivity index (χ3v) is 5.09. The summed E-state index contributed by atoms with van der Waals surface area (Å²) in [5.74, 6) is 0.547. The van der Waals surface area contributed by atoms with Crippen LogP contribution in [0.15, 0.2) is 18.2 Å². The largest absolute Gasteiger partial charge is 0.327 e. The van der Waals surface area contributed by atoms with Crippen LogP contribution in [0.4, 0.5) is 10.1 Å². The number of nitrogens with two attached hydrogens (primary N) is 1. The minimum atomic E-state index is -0.489. The summed E-state index contributed by atoms with van der Waals surface area (Å²) in [5, 5.41) is 2.78. The van der Waals surface area contributed by atoms with Crippen LogP contribution in [0.3, 0.4) is 0 Å². The molecule has 1 heterocycles. The molecule has 1 aliphatic carbocycles. The highest BCUT2D eigenvalue weighted by atomic mass is 35.5. The first-order chi connectivity index (χ1) is 10.5. The molecule has 3 N–H and O–H groups in total. The molecule has 0 radical (unpaired) electrons. The number of carbonyl (C=O) groups excluding carboxylic acids is 1. The molecule has 1 aromatic carbocycles. The molecule has 0 bridgehead atoms. The van der Waals surface area contributed by atoms with E-state index in [0.29, 0.717) is 24.1 Å². The van der Waals surface area contributed by atoms with Crippen LogP contribution in [0.1, 0.15) is 19.3 Å². The van der Waals surface area contributed by atoms with Crippen molar-refractivity contribution < 1.29 is 9.18 Å². The van der Waals surface area contributed by atoms with Gasteiger partial charge in [0.2, 0.25) is 5.91 Å². The van der Waals surface area contributed by atoms with E-state index in [1.807, 2.05) is 0 Å². The molecule has 4 nitrogen and oxygen atoms in total. The van der Waals surface area contributed by atoms with E-state index in [9.17, 15) is 9.18 Å². The van der Waals surface area contributed by atoms with Crippen LogP contribution in [-0.2, 0) is 4.79 Å². The Morgan fingerprint density at radius 3 is 2.87 bits per heavy atom. The standard InChI is InChI=1S/C16H21ClFN3O.ClH/c17-13-6-11(4-5-14(13)18)20-16(22)9-21-7-10-2-1-3-15(19)12(10)8-21;/h4-6,10,12,15H,1-3,7-9,19H2,(H,20,22);1H. The second kappa shape index (κ2) is 7.79. The van der Waals surface area contributed by atoms with E-state index in [1.54, 1.807) is 0 Å². The number of likely N-dealkylation sites (tertiary alicyclic amines) is 1. The van der Waals surface area contributed by atoms with Crippen molar-refractivity contribution in [3.05, 3.63) is 29.0 Å². The number of halogens is 3. The Balaban J connectivity index is 0.00000192. The monoisotopic (exact) mass is 361 g/mol. The molecule has 0 spiro atoms. The van der Waals surface area contributed by atoms with Gasteiger partial charge in [0.15, 0.2) is 0 Å². The Kier molecular flexibility index (Phi) is 6.26. The number of benzene rings is 1. The lowest BCUT2D eigenvalue weighted by molar-refractivity contribution is -0.117. The highest BCUT2D eigenvalue weighted by Crippen LogP contribution is 2.35. The van der Waals surface area contributed by atoms with Gasteiger partial charge >= 0.3 is 0 Å². The Bertz CT molecular complexity index is 572. The molecule has 7 heteroatoms. The van der Waals surface area contributed by atoms with Crippen molar-refractivity contribution in [2.75, 3.05) is 25.0 Å². The van der Waals surface area contributed by atoms with Crippen molar-refractivity contribution in [2.24, 2.45) is 17.6 Å². The van der Waals surface area contributed by atoms with Gasteiger partial charge in [0.1, 0.15) is 5.82 Å². The summed E-state index contributed by atoms with van der Waals surface area (Å²) in [7, 11) is 0. The second-order valence-corrected chi connectivity index (χ2v) is 6.80. The maximum Gasteiger partial charge on any atom is 0.238 e. The number of nitrogens with one attached hydrogen (secondary N) is 1. The number of carbonyl (C=O) groups is 1. The van der Waals surface area contributed by atoms with Crippen LogP contribution in [0.2, 0.25) is 5.02 Å². The molecular weight excluding hydrogens is 340 g/mol. The van der Waals surface area contributed by atoms with E-state index >= 15 is 0 Å². The van der Waals surface area contributed by atoms with Crippen LogP contribution in [0.5, 0.6) is 0 Å². The summed E-state index contributed by atoms with van der Waals surface area (Å²) < 4.78 is 13.1. The van der Waals surface area contributed by atoms with Gasteiger partial charge in [-0.2, -0.15) is 0 Å². The molecule has 128 valence electrons. The number of nitrogens with zero attached hydrogens (tertiary/aromatic N) is 1. The van der Waals surface area contributed by atoms with Crippen molar-refractivity contribution >= 4 is 35.6 Å². The lowest BCUT2D eigenvalue weighted by atomic mass is 9.78. The van der Waals surface area contributed by atoms with Crippen molar-refractivity contribution in [2.45, 2.75) is 25.3 Å². The van der Waals surface area contributed by atoms with Gasteiger partial charge in [-0.3, -0.25) is 9.69 Å². The van der Waals surface area contributed by atoms with E-state index in [0.717, 1.165) is 19.5 Å². The molecule has 1 saturated carbocycles. The quantitative estimate of drug-likeness (QED) is 0.869. The van der Waals surface area contributed by atoms with Crippen LogP contribution in [0.25, 0.3) is 0 Å². The van der Waals surface area contributed by atoms with Crippen molar-refractivity contribution in [1.82, 2.24) is 4.90 Å². The second-order valence-electron chi connectivity index (χ2n) is 6.39. The van der Waals surface area contributed by atoms with Crippen molar-refractivity contribution in [3.8, 4) is 0 Å². The fraction of sp³-hybridized carbons (Fsp3) is 0.562. The Hall–Kier alpha value is -0.880. The number of anilines is 1. The molecule has 3 atom stereocenters. The van der Waals surface area contributed by atoms with Gasteiger partial charge in [0.25, 0.3) is 0 Å².